The molecule has 2 aliphatic rings. The normalized spacial score (nSPS) is 19.8. The average molecular weight is 570 g/mol. The summed E-state index contributed by atoms with van der Waals surface area (Å²) in [7, 11) is 4.57. The maximum Gasteiger partial charge on any atom is 0.256 e. The number of hydrogen-bond donors (Lipinski definition) is 1. The molecule has 2 atom stereocenters. The summed E-state index contributed by atoms with van der Waals surface area (Å²) in [5.74, 6) is 1.33. The third-order valence-corrected chi connectivity index (χ3v) is 9.01. The van der Waals surface area contributed by atoms with E-state index in [9.17, 15) is 9.59 Å². The smallest absolute Gasteiger partial charge is 0.256 e. The Bertz CT molecular complexity index is 1150. The van der Waals surface area contributed by atoms with Crippen molar-refractivity contribution in [3.63, 3.8) is 0 Å². The standard InChI is InChI=1S/C31H43N3O5S/c1-31(2,3)23-12-10-21(11-13-23)30-34(29(36)22-18-25(37-4)27(39-6)26(19-22)38-5)24(20-40-30)28(35)32-14-17-33-15-8-7-9-16-33/h10-13,18-19,24,30H,7-9,14-17,20H2,1-6H3,(H,32,35). The molecule has 2 unspecified atom stereocenters. The van der Waals surface area contributed by atoms with Gasteiger partial charge in [-0.15, -0.1) is 11.8 Å². The van der Waals surface area contributed by atoms with Crippen molar-refractivity contribution in [3.8, 4) is 17.2 Å². The first-order valence-corrected chi connectivity index (χ1v) is 15.1. The van der Waals surface area contributed by atoms with Crippen molar-refractivity contribution in [2.75, 3.05) is 53.3 Å². The predicted molar refractivity (Wildman–Crippen MR) is 160 cm³/mol. The molecule has 2 aliphatic heterocycles. The molecule has 8 nitrogen and oxygen atoms in total. The Hall–Kier alpha value is -2.91. The van der Waals surface area contributed by atoms with Crippen molar-refractivity contribution < 1.29 is 23.8 Å². The first-order valence-electron chi connectivity index (χ1n) is 14.0. The summed E-state index contributed by atoms with van der Waals surface area (Å²) in [6.45, 7) is 10.1. The van der Waals surface area contributed by atoms with Crippen LogP contribution in [0.25, 0.3) is 0 Å². The number of benzene rings is 2. The fourth-order valence-electron chi connectivity index (χ4n) is 5.35. The zero-order chi connectivity index (χ0) is 28.9. The van der Waals surface area contributed by atoms with Gasteiger partial charge in [-0.25, -0.2) is 0 Å². The fraction of sp³-hybridized carbons (Fsp3) is 0.548. The number of carbonyl (C=O) groups excluding carboxylic acids is 2. The highest BCUT2D eigenvalue weighted by molar-refractivity contribution is 7.99. The molecule has 0 spiro atoms. The van der Waals surface area contributed by atoms with Crippen LogP contribution >= 0.6 is 11.8 Å². The lowest BCUT2D eigenvalue weighted by Crippen LogP contribution is -2.49. The summed E-state index contributed by atoms with van der Waals surface area (Å²) in [5.41, 5.74) is 2.60. The Morgan fingerprint density at radius 2 is 1.57 bits per heavy atom. The fourth-order valence-corrected chi connectivity index (χ4v) is 6.78. The number of methoxy groups -OCH3 is 3. The number of rotatable bonds is 9. The zero-order valence-corrected chi connectivity index (χ0v) is 25.4. The lowest BCUT2D eigenvalue weighted by Gasteiger charge is -2.30. The van der Waals surface area contributed by atoms with Gasteiger partial charge in [0, 0.05) is 24.4 Å². The highest BCUT2D eigenvalue weighted by atomic mass is 32.2. The molecule has 2 amide bonds. The second-order valence-electron chi connectivity index (χ2n) is 11.4. The van der Waals surface area contributed by atoms with E-state index >= 15 is 0 Å². The molecule has 0 bridgehead atoms. The van der Waals surface area contributed by atoms with Gasteiger partial charge in [0.2, 0.25) is 11.7 Å². The second kappa shape index (κ2) is 13.2. The second-order valence-corrected chi connectivity index (χ2v) is 12.5. The van der Waals surface area contributed by atoms with Gasteiger partial charge < -0.3 is 29.3 Å². The number of ether oxygens (including phenoxy) is 3. The van der Waals surface area contributed by atoms with E-state index < -0.39 is 6.04 Å². The number of piperidine rings is 1. The summed E-state index contributed by atoms with van der Waals surface area (Å²) < 4.78 is 16.5. The van der Waals surface area contributed by atoms with E-state index in [-0.39, 0.29) is 22.6 Å². The van der Waals surface area contributed by atoms with Crippen LogP contribution in [0.5, 0.6) is 17.2 Å². The largest absolute Gasteiger partial charge is 0.493 e. The molecule has 4 rings (SSSR count). The van der Waals surface area contributed by atoms with Gasteiger partial charge in [0.15, 0.2) is 11.5 Å². The lowest BCUT2D eigenvalue weighted by atomic mass is 9.86. The van der Waals surface area contributed by atoms with Crippen LogP contribution in [0.2, 0.25) is 0 Å². The minimum atomic E-state index is -0.606. The van der Waals surface area contributed by atoms with E-state index in [4.69, 9.17) is 14.2 Å². The number of thioether (sulfide) groups is 1. The highest BCUT2D eigenvalue weighted by Crippen LogP contribution is 2.44. The summed E-state index contributed by atoms with van der Waals surface area (Å²) in [4.78, 5) is 31.8. The maximum absolute atomic E-state index is 14.2. The van der Waals surface area contributed by atoms with Gasteiger partial charge >= 0.3 is 0 Å². The van der Waals surface area contributed by atoms with Crippen LogP contribution in [0.4, 0.5) is 0 Å². The van der Waals surface area contributed by atoms with Crippen LogP contribution in [0.3, 0.4) is 0 Å². The van der Waals surface area contributed by atoms with E-state index in [2.05, 4.69) is 55.3 Å². The van der Waals surface area contributed by atoms with Crippen molar-refractivity contribution in [2.45, 2.75) is 56.9 Å². The average Bonchev–Trinajstić information content (AvgIpc) is 3.41. The Labute approximate surface area is 242 Å². The van der Waals surface area contributed by atoms with E-state index in [0.29, 0.717) is 35.1 Å². The topological polar surface area (TPSA) is 80.3 Å². The minimum Gasteiger partial charge on any atom is -0.493 e. The van der Waals surface area contributed by atoms with Crippen LogP contribution < -0.4 is 19.5 Å². The number of likely N-dealkylation sites (tertiary alicyclic amines) is 1. The Kier molecular flexibility index (Phi) is 9.90. The Morgan fingerprint density at radius 3 is 2.12 bits per heavy atom. The Morgan fingerprint density at radius 1 is 0.950 bits per heavy atom. The highest BCUT2D eigenvalue weighted by Gasteiger charge is 2.43. The van der Waals surface area contributed by atoms with Gasteiger partial charge in [0.25, 0.3) is 5.91 Å². The van der Waals surface area contributed by atoms with Gasteiger partial charge in [-0.3, -0.25) is 9.59 Å². The van der Waals surface area contributed by atoms with Crippen LogP contribution in [-0.2, 0) is 10.2 Å². The number of hydrogen-bond acceptors (Lipinski definition) is 7. The molecular weight excluding hydrogens is 526 g/mol. The molecule has 218 valence electrons. The molecule has 0 saturated carbocycles. The molecule has 2 aromatic rings. The third-order valence-electron chi connectivity index (χ3n) is 7.69. The number of nitrogens with one attached hydrogen (secondary N) is 1. The van der Waals surface area contributed by atoms with Gasteiger partial charge in [-0.2, -0.15) is 0 Å². The van der Waals surface area contributed by atoms with Crippen LogP contribution in [0, 0.1) is 0 Å². The third kappa shape index (κ3) is 6.69. The predicted octanol–water partition coefficient (Wildman–Crippen LogP) is 4.87. The molecule has 40 heavy (non-hydrogen) atoms. The molecule has 2 fully saturated rings. The Balaban J connectivity index is 1.62. The van der Waals surface area contributed by atoms with Crippen LogP contribution in [-0.4, -0.2) is 80.9 Å². The van der Waals surface area contributed by atoms with E-state index in [1.165, 1.54) is 46.2 Å². The van der Waals surface area contributed by atoms with Crippen molar-refractivity contribution >= 4 is 23.6 Å². The summed E-state index contributed by atoms with van der Waals surface area (Å²) in [6, 6.07) is 11.1. The number of carbonyl (C=O) groups is 2. The summed E-state index contributed by atoms with van der Waals surface area (Å²) in [5, 5.41) is 2.81. The first kappa shape index (κ1) is 30.1. The van der Waals surface area contributed by atoms with Crippen molar-refractivity contribution in [3.05, 3.63) is 53.1 Å². The quantitative estimate of drug-likeness (QED) is 0.462. The molecule has 2 saturated heterocycles. The number of amides is 2. The molecule has 2 aromatic carbocycles. The van der Waals surface area contributed by atoms with Gasteiger partial charge in [0.05, 0.1) is 21.3 Å². The summed E-state index contributed by atoms with van der Waals surface area (Å²) in [6.07, 6.45) is 3.69. The molecule has 0 aliphatic carbocycles. The van der Waals surface area contributed by atoms with Crippen molar-refractivity contribution in [1.82, 2.24) is 15.1 Å². The zero-order valence-electron chi connectivity index (χ0n) is 24.6. The monoisotopic (exact) mass is 569 g/mol. The SMILES string of the molecule is COc1cc(C(=O)N2C(C(=O)NCCN3CCCCC3)CSC2c2ccc(C(C)(C)C)cc2)cc(OC)c1OC. The molecule has 2 heterocycles. The first-order chi connectivity index (χ1) is 19.2. The van der Waals surface area contributed by atoms with E-state index in [0.717, 1.165) is 25.2 Å². The maximum atomic E-state index is 14.2. The van der Waals surface area contributed by atoms with Gasteiger partial charge in [-0.05, 0) is 54.6 Å². The molecule has 0 aromatic heterocycles. The molecule has 1 N–H and O–H groups in total. The van der Waals surface area contributed by atoms with Crippen molar-refractivity contribution in [1.29, 1.82) is 0 Å². The van der Waals surface area contributed by atoms with Crippen molar-refractivity contribution in [2.24, 2.45) is 0 Å². The number of nitrogens with zero attached hydrogens (tertiary/aromatic N) is 2. The molecule has 9 heteroatoms. The van der Waals surface area contributed by atoms with Crippen LogP contribution in [0.15, 0.2) is 36.4 Å². The summed E-state index contributed by atoms with van der Waals surface area (Å²) >= 11 is 1.61. The van der Waals surface area contributed by atoms with Crippen LogP contribution in [0.1, 0.15) is 66.9 Å². The van der Waals surface area contributed by atoms with E-state index in [1.807, 2.05) is 0 Å². The minimum absolute atomic E-state index is 0.0177. The van der Waals surface area contributed by atoms with Gasteiger partial charge in [0.1, 0.15) is 11.4 Å². The lowest BCUT2D eigenvalue weighted by molar-refractivity contribution is -0.124. The van der Waals surface area contributed by atoms with Gasteiger partial charge in [-0.1, -0.05) is 51.5 Å². The molecule has 0 radical (unpaired) electrons. The van der Waals surface area contributed by atoms with E-state index in [1.54, 1.807) is 28.8 Å². The molecular formula is C31H43N3O5S.